The van der Waals surface area contributed by atoms with E-state index in [1.54, 1.807) is 29.6 Å². The topological polar surface area (TPSA) is 72.7 Å². The van der Waals surface area contributed by atoms with Crippen molar-refractivity contribution in [1.82, 2.24) is 19.7 Å². The van der Waals surface area contributed by atoms with Gasteiger partial charge < -0.3 is 0 Å². The normalized spacial score (nSPS) is 11.2. The van der Waals surface area contributed by atoms with Crippen molar-refractivity contribution in [3.05, 3.63) is 75.0 Å². The Kier molecular flexibility index (Phi) is 6.03. The molecule has 3 heterocycles. The van der Waals surface area contributed by atoms with Crippen LogP contribution in [0.1, 0.15) is 39.4 Å². The molecule has 32 heavy (non-hydrogen) atoms. The summed E-state index contributed by atoms with van der Waals surface area (Å²) in [7, 11) is 0. The van der Waals surface area contributed by atoms with Crippen LogP contribution in [0.4, 0.5) is 13.9 Å². The first-order valence-electron chi connectivity index (χ1n) is 9.60. The summed E-state index contributed by atoms with van der Waals surface area (Å²) >= 11 is 7.35. The first-order chi connectivity index (χ1) is 15.3. The number of nitrogens with one attached hydrogen (secondary N) is 1. The van der Waals surface area contributed by atoms with Crippen molar-refractivity contribution in [2.75, 3.05) is 5.32 Å². The zero-order valence-corrected chi connectivity index (χ0v) is 18.9. The molecule has 0 bridgehead atoms. The molecule has 0 aliphatic carbocycles. The van der Waals surface area contributed by atoms with Crippen LogP contribution in [-0.2, 0) is 0 Å². The van der Waals surface area contributed by atoms with Gasteiger partial charge >= 0.3 is 0 Å². The summed E-state index contributed by atoms with van der Waals surface area (Å²) in [6.07, 6.45) is -2.94. The molecule has 0 unspecified atom stereocenters. The Balaban J connectivity index is 1.67. The average molecular weight is 474 g/mol. The van der Waals surface area contributed by atoms with E-state index < -0.39 is 18.0 Å². The number of hydrogen-bond donors (Lipinski definition) is 1. The number of carbonyl (C=O) groups excluding carboxylic acids is 1. The summed E-state index contributed by atoms with van der Waals surface area (Å²) in [6, 6.07) is 10.3. The van der Waals surface area contributed by atoms with Gasteiger partial charge in [-0.05, 0) is 44.5 Å². The quantitative estimate of drug-likeness (QED) is 0.377. The summed E-state index contributed by atoms with van der Waals surface area (Å²) in [6.45, 7) is 5.37. The van der Waals surface area contributed by atoms with E-state index in [0.717, 1.165) is 15.9 Å². The molecule has 1 N–H and O–H groups in total. The molecule has 0 radical (unpaired) electrons. The van der Waals surface area contributed by atoms with Gasteiger partial charge in [-0.25, -0.2) is 18.4 Å². The lowest BCUT2D eigenvalue weighted by atomic mass is 10.1. The molecule has 0 aliphatic heterocycles. The number of halogens is 3. The SMILES string of the molecule is Cc1ccc(-c2csc(NC(=O)c3c(C)nn(-c4ccccc4Cl)c3C(F)F)n2)nc1C. The van der Waals surface area contributed by atoms with E-state index in [9.17, 15) is 13.6 Å². The standard InChI is InChI=1S/C22H18ClF2N5OS/c1-11-8-9-15(26-12(11)2)16-10-32-22(27-16)28-21(31)18-13(3)29-30(19(18)20(24)25)17-7-5-4-6-14(17)23/h4-10,20H,1-3H3,(H,27,28,31). The number of anilines is 1. The molecule has 10 heteroatoms. The fourth-order valence-corrected chi connectivity index (χ4v) is 4.13. The van der Waals surface area contributed by atoms with E-state index in [0.29, 0.717) is 11.4 Å². The minimum atomic E-state index is -2.94. The van der Waals surface area contributed by atoms with Crippen molar-refractivity contribution in [2.24, 2.45) is 0 Å². The number of carbonyl (C=O) groups is 1. The molecule has 164 valence electrons. The molecule has 1 amide bonds. The second kappa shape index (κ2) is 8.76. The Morgan fingerprint density at radius 2 is 1.81 bits per heavy atom. The Morgan fingerprint density at radius 3 is 2.50 bits per heavy atom. The Labute approximate surface area is 191 Å². The van der Waals surface area contributed by atoms with Crippen LogP contribution >= 0.6 is 22.9 Å². The summed E-state index contributed by atoms with van der Waals surface area (Å²) in [4.78, 5) is 21.8. The van der Waals surface area contributed by atoms with Crippen molar-refractivity contribution < 1.29 is 13.6 Å². The van der Waals surface area contributed by atoms with Crippen molar-refractivity contribution in [3.63, 3.8) is 0 Å². The number of pyridine rings is 1. The highest BCUT2D eigenvalue weighted by molar-refractivity contribution is 7.14. The first-order valence-corrected chi connectivity index (χ1v) is 10.9. The van der Waals surface area contributed by atoms with Crippen LogP contribution in [-0.4, -0.2) is 25.7 Å². The number of rotatable bonds is 5. The van der Waals surface area contributed by atoms with Crippen molar-refractivity contribution in [1.29, 1.82) is 0 Å². The molecular formula is C22H18ClF2N5OS. The van der Waals surface area contributed by atoms with Crippen LogP contribution in [0, 0.1) is 20.8 Å². The molecule has 0 saturated carbocycles. The smallest absolute Gasteiger partial charge is 0.281 e. The van der Waals surface area contributed by atoms with E-state index in [-0.39, 0.29) is 27.1 Å². The minimum Gasteiger partial charge on any atom is -0.298 e. The highest BCUT2D eigenvalue weighted by Crippen LogP contribution is 2.32. The zero-order chi connectivity index (χ0) is 23.0. The van der Waals surface area contributed by atoms with Crippen LogP contribution in [0.15, 0.2) is 41.8 Å². The molecule has 4 rings (SSSR count). The van der Waals surface area contributed by atoms with E-state index >= 15 is 0 Å². The number of thiazole rings is 1. The highest BCUT2D eigenvalue weighted by Gasteiger charge is 2.29. The molecule has 4 aromatic rings. The summed E-state index contributed by atoms with van der Waals surface area (Å²) < 4.78 is 29.0. The van der Waals surface area contributed by atoms with Gasteiger partial charge in [-0.3, -0.25) is 15.1 Å². The minimum absolute atomic E-state index is 0.158. The largest absolute Gasteiger partial charge is 0.298 e. The molecular weight excluding hydrogens is 456 g/mol. The Morgan fingerprint density at radius 1 is 1.06 bits per heavy atom. The summed E-state index contributed by atoms with van der Waals surface area (Å²) in [5, 5.41) is 9.04. The van der Waals surface area contributed by atoms with Gasteiger partial charge in [-0.15, -0.1) is 11.3 Å². The molecule has 3 aromatic heterocycles. The maximum absolute atomic E-state index is 14.0. The van der Waals surface area contributed by atoms with E-state index in [1.165, 1.54) is 18.3 Å². The van der Waals surface area contributed by atoms with Crippen LogP contribution in [0.2, 0.25) is 5.02 Å². The van der Waals surface area contributed by atoms with Crippen LogP contribution in [0.5, 0.6) is 0 Å². The van der Waals surface area contributed by atoms with Gasteiger partial charge in [0.2, 0.25) is 0 Å². The number of nitrogens with zero attached hydrogens (tertiary/aromatic N) is 4. The first kappa shape index (κ1) is 22.0. The second-order valence-corrected chi connectivity index (χ2v) is 8.37. The number of alkyl halides is 2. The molecule has 1 aromatic carbocycles. The van der Waals surface area contributed by atoms with Crippen molar-refractivity contribution >= 4 is 34.0 Å². The molecule has 0 fully saturated rings. The number of aromatic nitrogens is 4. The number of hydrogen-bond acceptors (Lipinski definition) is 5. The molecule has 0 atom stereocenters. The average Bonchev–Trinajstić information content (AvgIpc) is 3.34. The lowest BCUT2D eigenvalue weighted by Gasteiger charge is -2.10. The molecule has 0 saturated heterocycles. The Hall–Kier alpha value is -3.17. The fourth-order valence-electron chi connectivity index (χ4n) is 3.22. The lowest BCUT2D eigenvalue weighted by Crippen LogP contribution is -2.15. The van der Waals surface area contributed by atoms with Gasteiger partial charge in [0.15, 0.2) is 5.13 Å². The zero-order valence-electron chi connectivity index (χ0n) is 17.4. The second-order valence-electron chi connectivity index (χ2n) is 7.10. The maximum atomic E-state index is 14.0. The monoisotopic (exact) mass is 473 g/mol. The number of benzene rings is 1. The highest BCUT2D eigenvalue weighted by atomic mass is 35.5. The summed E-state index contributed by atoms with van der Waals surface area (Å²) in [5.41, 5.74) is 2.89. The van der Waals surface area contributed by atoms with Crippen LogP contribution < -0.4 is 5.32 Å². The Bertz CT molecular complexity index is 1320. The summed E-state index contributed by atoms with van der Waals surface area (Å²) in [5.74, 6) is -0.718. The third kappa shape index (κ3) is 4.13. The van der Waals surface area contributed by atoms with Crippen molar-refractivity contribution in [3.8, 4) is 17.1 Å². The van der Waals surface area contributed by atoms with E-state index in [1.807, 2.05) is 26.0 Å². The number of para-hydroxylation sites is 1. The van der Waals surface area contributed by atoms with Crippen molar-refractivity contribution in [2.45, 2.75) is 27.2 Å². The van der Waals surface area contributed by atoms with Gasteiger partial charge in [-0.1, -0.05) is 29.8 Å². The van der Waals surface area contributed by atoms with E-state index in [4.69, 9.17) is 11.6 Å². The van der Waals surface area contributed by atoms with Gasteiger partial charge in [0.1, 0.15) is 11.4 Å². The predicted octanol–water partition coefficient (Wildman–Crippen LogP) is 6.16. The van der Waals surface area contributed by atoms with Gasteiger partial charge in [0, 0.05) is 11.1 Å². The van der Waals surface area contributed by atoms with E-state index in [2.05, 4.69) is 20.4 Å². The lowest BCUT2D eigenvalue weighted by molar-refractivity contribution is 0.100. The molecule has 0 aliphatic rings. The van der Waals surface area contributed by atoms with Crippen LogP contribution in [0.3, 0.4) is 0 Å². The van der Waals surface area contributed by atoms with Gasteiger partial charge in [-0.2, -0.15) is 5.10 Å². The number of aryl methyl sites for hydroxylation is 3. The maximum Gasteiger partial charge on any atom is 0.281 e. The molecule has 6 nitrogen and oxygen atoms in total. The number of amides is 1. The third-order valence-corrected chi connectivity index (χ3v) is 6.02. The third-order valence-electron chi connectivity index (χ3n) is 4.95. The van der Waals surface area contributed by atoms with Gasteiger partial charge in [0.05, 0.1) is 27.7 Å². The van der Waals surface area contributed by atoms with Crippen LogP contribution in [0.25, 0.3) is 17.1 Å². The molecule has 0 spiro atoms. The fraction of sp³-hybridized carbons (Fsp3) is 0.182. The van der Waals surface area contributed by atoms with Gasteiger partial charge in [0.25, 0.3) is 12.3 Å². The predicted molar refractivity (Wildman–Crippen MR) is 121 cm³/mol.